The second-order valence-electron chi connectivity index (χ2n) is 1.27. The van der Waals surface area contributed by atoms with Crippen LogP contribution in [0.2, 0.25) is 0 Å². The lowest BCUT2D eigenvalue weighted by Gasteiger charge is -2.01. The van der Waals surface area contributed by atoms with Crippen LogP contribution in [0.1, 0.15) is 6.42 Å². The van der Waals surface area contributed by atoms with Crippen molar-refractivity contribution in [2.24, 2.45) is 0 Å². The fourth-order valence-corrected chi connectivity index (χ4v) is 0.396. The average molecular weight is 97.1 g/mol. The van der Waals surface area contributed by atoms with E-state index < -0.39 is 0 Å². The standard InChI is InChI=1S/C5H5O2/c6-5-3-1-2-4-7-5/h1H,3-4H2. The van der Waals surface area contributed by atoms with Crippen molar-refractivity contribution in [1.82, 2.24) is 0 Å². The molecule has 1 aliphatic rings. The Labute approximate surface area is 41.8 Å². The molecule has 0 spiro atoms. The van der Waals surface area contributed by atoms with Crippen LogP contribution in [0.5, 0.6) is 0 Å². The van der Waals surface area contributed by atoms with Gasteiger partial charge in [0, 0.05) is 0 Å². The van der Waals surface area contributed by atoms with E-state index in [-0.39, 0.29) is 5.97 Å². The summed E-state index contributed by atoms with van der Waals surface area (Å²) in [6.07, 6.45) is 4.82. The highest BCUT2D eigenvalue weighted by molar-refractivity contribution is 5.71. The van der Waals surface area contributed by atoms with Gasteiger partial charge in [0.05, 0.1) is 6.42 Å². The Hall–Kier alpha value is -0.790. The first-order valence-electron chi connectivity index (χ1n) is 2.10. The summed E-state index contributed by atoms with van der Waals surface area (Å²) in [5.74, 6) is -0.154. The fraction of sp³-hybridized carbons (Fsp3) is 0.400. The molecule has 1 heterocycles. The molecule has 37 valence electrons. The normalized spacial score (nSPS) is 19.1. The highest BCUT2D eigenvalue weighted by atomic mass is 16.5. The van der Waals surface area contributed by atoms with E-state index >= 15 is 0 Å². The maximum Gasteiger partial charge on any atom is 0.309 e. The van der Waals surface area contributed by atoms with Crippen LogP contribution in [0.3, 0.4) is 0 Å². The van der Waals surface area contributed by atoms with Crippen LogP contribution in [-0.4, -0.2) is 12.6 Å². The van der Waals surface area contributed by atoms with Crippen LogP contribution >= 0.6 is 0 Å². The number of ether oxygens (including phenoxy) is 1. The minimum absolute atomic E-state index is 0.154. The first-order valence-corrected chi connectivity index (χ1v) is 2.10. The smallest absolute Gasteiger partial charge is 0.309 e. The molecular weight excluding hydrogens is 92.1 g/mol. The van der Waals surface area contributed by atoms with Gasteiger partial charge in [-0.25, -0.2) is 0 Å². The van der Waals surface area contributed by atoms with Gasteiger partial charge < -0.3 is 4.74 Å². The van der Waals surface area contributed by atoms with Crippen molar-refractivity contribution < 1.29 is 9.53 Å². The molecule has 0 bridgehead atoms. The molecule has 0 saturated carbocycles. The molecule has 2 nitrogen and oxygen atoms in total. The van der Waals surface area contributed by atoms with Crippen molar-refractivity contribution in [2.75, 3.05) is 6.61 Å². The van der Waals surface area contributed by atoms with Crippen LogP contribution in [0.15, 0.2) is 6.08 Å². The Morgan fingerprint density at radius 1 is 1.86 bits per heavy atom. The number of esters is 1. The van der Waals surface area contributed by atoms with Crippen molar-refractivity contribution in [3.63, 3.8) is 0 Å². The monoisotopic (exact) mass is 97.0 g/mol. The number of carbonyl (C=O) groups excluding carboxylic acids is 1. The van der Waals surface area contributed by atoms with Gasteiger partial charge in [-0.15, -0.1) is 0 Å². The maximum absolute atomic E-state index is 10.2. The quantitative estimate of drug-likeness (QED) is 0.406. The van der Waals surface area contributed by atoms with Gasteiger partial charge in [0.15, 0.2) is 0 Å². The zero-order chi connectivity index (χ0) is 5.11. The van der Waals surface area contributed by atoms with E-state index in [4.69, 9.17) is 0 Å². The molecule has 1 radical (unpaired) electrons. The topological polar surface area (TPSA) is 26.3 Å². The Kier molecular flexibility index (Phi) is 1.11. The molecule has 7 heavy (non-hydrogen) atoms. The largest absolute Gasteiger partial charge is 0.461 e. The third-order valence-corrected chi connectivity index (χ3v) is 0.730. The molecule has 0 saturated heterocycles. The minimum Gasteiger partial charge on any atom is -0.461 e. The van der Waals surface area contributed by atoms with Crippen LogP contribution in [0.25, 0.3) is 0 Å². The van der Waals surface area contributed by atoms with Crippen molar-refractivity contribution in [3.8, 4) is 0 Å². The van der Waals surface area contributed by atoms with Gasteiger partial charge in [-0.3, -0.25) is 4.79 Å². The number of rotatable bonds is 0. The van der Waals surface area contributed by atoms with Crippen LogP contribution in [0, 0.1) is 6.08 Å². The van der Waals surface area contributed by atoms with E-state index in [1.807, 2.05) is 0 Å². The van der Waals surface area contributed by atoms with Gasteiger partial charge in [0.1, 0.15) is 6.61 Å². The number of carbonyl (C=O) groups is 1. The van der Waals surface area contributed by atoms with Gasteiger partial charge in [-0.1, -0.05) is 6.08 Å². The summed E-state index contributed by atoms with van der Waals surface area (Å²) in [5, 5.41) is 0. The molecular formula is C5H5O2. The molecule has 0 unspecified atom stereocenters. The predicted molar refractivity (Wildman–Crippen MR) is 23.4 cm³/mol. The third kappa shape index (κ3) is 1.03. The molecule has 0 aromatic rings. The summed E-state index contributed by atoms with van der Waals surface area (Å²) in [5.41, 5.74) is 0. The van der Waals surface area contributed by atoms with Crippen molar-refractivity contribution in [3.05, 3.63) is 12.2 Å². The van der Waals surface area contributed by atoms with Gasteiger partial charge in [-0.2, -0.15) is 0 Å². The second-order valence-corrected chi connectivity index (χ2v) is 1.27. The predicted octanol–water partition coefficient (Wildman–Crippen LogP) is 0.293. The lowest BCUT2D eigenvalue weighted by molar-refractivity contribution is -0.142. The first kappa shape index (κ1) is 4.37. The molecule has 0 fully saturated rings. The molecule has 0 amide bonds. The minimum atomic E-state index is -0.154. The lowest BCUT2D eigenvalue weighted by atomic mass is 10.3. The molecule has 2 heteroatoms. The zero-order valence-corrected chi connectivity index (χ0v) is 3.81. The van der Waals surface area contributed by atoms with Crippen LogP contribution < -0.4 is 0 Å². The molecule has 0 aromatic carbocycles. The summed E-state index contributed by atoms with van der Waals surface area (Å²) < 4.78 is 4.50. The molecule has 0 atom stereocenters. The SMILES string of the molecule is O=C1CC=[C]CO1. The summed E-state index contributed by atoms with van der Waals surface area (Å²) >= 11 is 0. The van der Waals surface area contributed by atoms with E-state index in [9.17, 15) is 4.79 Å². The molecule has 1 aliphatic heterocycles. The Morgan fingerprint density at radius 2 is 2.71 bits per heavy atom. The highest BCUT2D eigenvalue weighted by Gasteiger charge is 2.00. The van der Waals surface area contributed by atoms with Gasteiger partial charge in [-0.05, 0) is 6.08 Å². The van der Waals surface area contributed by atoms with Crippen molar-refractivity contribution in [2.45, 2.75) is 6.42 Å². The van der Waals surface area contributed by atoms with Crippen LogP contribution in [0.4, 0.5) is 0 Å². The number of hydrogen-bond acceptors (Lipinski definition) is 2. The first-order chi connectivity index (χ1) is 3.39. The third-order valence-electron chi connectivity index (χ3n) is 0.730. The van der Waals surface area contributed by atoms with E-state index in [0.29, 0.717) is 13.0 Å². The maximum atomic E-state index is 10.2. The van der Waals surface area contributed by atoms with Crippen LogP contribution in [-0.2, 0) is 9.53 Å². The summed E-state index contributed by atoms with van der Waals surface area (Å²) in [6, 6.07) is 0. The summed E-state index contributed by atoms with van der Waals surface area (Å²) in [6.45, 7) is 0.332. The van der Waals surface area contributed by atoms with E-state index in [1.54, 1.807) is 6.08 Å². The average Bonchev–Trinajstić information content (AvgIpc) is 1.69. The van der Waals surface area contributed by atoms with E-state index in [1.165, 1.54) is 0 Å². The summed E-state index contributed by atoms with van der Waals surface area (Å²) in [4.78, 5) is 10.2. The van der Waals surface area contributed by atoms with E-state index in [2.05, 4.69) is 10.8 Å². The van der Waals surface area contributed by atoms with Gasteiger partial charge in [0.25, 0.3) is 0 Å². The molecule has 1 rings (SSSR count). The Balaban J connectivity index is 2.47. The fourth-order valence-electron chi connectivity index (χ4n) is 0.396. The van der Waals surface area contributed by atoms with Gasteiger partial charge >= 0.3 is 5.97 Å². The summed E-state index contributed by atoms with van der Waals surface area (Å²) in [7, 11) is 0. The van der Waals surface area contributed by atoms with Gasteiger partial charge in [0.2, 0.25) is 0 Å². The second kappa shape index (κ2) is 1.78. The molecule has 0 aliphatic carbocycles. The number of cyclic esters (lactones) is 1. The number of hydrogen-bond donors (Lipinski definition) is 0. The molecule has 0 N–H and O–H groups in total. The van der Waals surface area contributed by atoms with E-state index in [0.717, 1.165) is 0 Å². The Bertz CT molecular complexity index is 105. The Morgan fingerprint density at radius 3 is 3.00 bits per heavy atom. The molecule has 0 aromatic heterocycles. The van der Waals surface area contributed by atoms with Crippen molar-refractivity contribution >= 4 is 5.97 Å². The van der Waals surface area contributed by atoms with Crippen molar-refractivity contribution in [1.29, 1.82) is 0 Å². The highest BCUT2D eigenvalue weighted by Crippen LogP contribution is 1.93. The lowest BCUT2D eigenvalue weighted by Crippen LogP contribution is -2.06. The zero-order valence-electron chi connectivity index (χ0n) is 3.81.